The molecule has 0 amide bonds. The molecule has 2 nitrogen and oxygen atoms in total. The molecule has 1 fully saturated rings. The summed E-state index contributed by atoms with van der Waals surface area (Å²) in [5.74, 6) is 0.513. The summed E-state index contributed by atoms with van der Waals surface area (Å²) >= 11 is 0. The highest BCUT2D eigenvalue weighted by atomic mass is 19.4. The van der Waals surface area contributed by atoms with E-state index in [0.29, 0.717) is 5.92 Å². The van der Waals surface area contributed by atoms with Crippen molar-refractivity contribution in [3.8, 4) is 0 Å². The van der Waals surface area contributed by atoms with E-state index in [9.17, 15) is 13.2 Å². The first kappa shape index (κ1) is 13.8. The number of ether oxygens (including phenoxy) is 1. The molecule has 0 bridgehead atoms. The third-order valence-corrected chi connectivity index (χ3v) is 3.14. The standard InChI is InChI=1S/C11H20F3NO/c1-15-10(2-5-11(12,13)14)8-9-3-6-16-7-4-9/h9-10,15H,2-8H2,1H3. The highest BCUT2D eigenvalue weighted by Crippen LogP contribution is 2.26. The zero-order valence-electron chi connectivity index (χ0n) is 9.65. The molecule has 0 radical (unpaired) electrons. The lowest BCUT2D eigenvalue weighted by atomic mass is 9.91. The molecule has 1 aliphatic rings. The van der Waals surface area contributed by atoms with E-state index in [1.165, 1.54) is 0 Å². The van der Waals surface area contributed by atoms with Crippen LogP contribution in [0, 0.1) is 5.92 Å². The maximum absolute atomic E-state index is 12.1. The Morgan fingerprint density at radius 2 is 1.94 bits per heavy atom. The first-order chi connectivity index (χ1) is 7.51. The van der Waals surface area contributed by atoms with Crippen LogP contribution >= 0.6 is 0 Å². The van der Waals surface area contributed by atoms with E-state index in [-0.39, 0.29) is 12.5 Å². The molecule has 0 aromatic rings. The van der Waals surface area contributed by atoms with Gasteiger partial charge in [0.15, 0.2) is 0 Å². The molecule has 1 aliphatic heterocycles. The van der Waals surface area contributed by atoms with Crippen molar-refractivity contribution in [2.75, 3.05) is 20.3 Å². The average molecular weight is 239 g/mol. The summed E-state index contributed by atoms with van der Waals surface area (Å²) in [5, 5.41) is 2.98. The fraction of sp³-hybridized carbons (Fsp3) is 1.00. The largest absolute Gasteiger partial charge is 0.389 e. The summed E-state index contributed by atoms with van der Waals surface area (Å²) in [4.78, 5) is 0. The number of alkyl halides is 3. The topological polar surface area (TPSA) is 21.3 Å². The Balaban J connectivity index is 2.25. The highest BCUT2D eigenvalue weighted by Gasteiger charge is 2.28. The minimum atomic E-state index is -4.04. The molecule has 0 aromatic heterocycles. The second kappa shape index (κ2) is 6.45. The summed E-state index contributed by atoms with van der Waals surface area (Å²) in [6.45, 7) is 1.50. The fourth-order valence-corrected chi connectivity index (χ4v) is 2.10. The van der Waals surface area contributed by atoms with E-state index in [2.05, 4.69) is 5.32 Å². The Morgan fingerprint density at radius 1 is 1.31 bits per heavy atom. The molecule has 16 heavy (non-hydrogen) atoms. The van der Waals surface area contributed by atoms with Gasteiger partial charge >= 0.3 is 6.18 Å². The van der Waals surface area contributed by atoms with Gasteiger partial charge in [-0.1, -0.05) is 0 Å². The van der Waals surface area contributed by atoms with Gasteiger partial charge in [0.25, 0.3) is 0 Å². The van der Waals surface area contributed by atoms with Crippen molar-refractivity contribution < 1.29 is 17.9 Å². The van der Waals surface area contributed by atoms with Gasteiger partial charge in [0.05, 0.1) is 0 Å². The SMILES string of the molecule is CNC(CCC(F)(F)F)CC1CCOCC1. The Kier molecular flexibility index (Phi) is 5.55. The van der Waals surface area contributed by atoms with Crippen molar-refractivity contribution in [3.63, 3.8) is 0 Å². The number of halogens is 3. The molecular formula is C11H20F3NO. The number of nitrogens with one attached hydrogen (secondary N) is 1. The third-order valence-electron chi connectivity index (χ3n) is 3.14. The summed E-state index contributed by atoms with van der Waals surface area (Å²) in [6, 6.07) is -0.0234. The maximum atomic E-state index is 12.1. The third kappa shape index (κ3) is 5.70. The minimum absolute atomic E-state index is 0.0234. The van der Waals surface area contributed by atoms with Crippen molar-refractivity contribution >= 4 is 0 Å². The van der Waals surface area contributed by atoms with Crippen LogP contribution in [-0.4, -0.2) is 32.5 Å². The van der Waals surface area contributed by atoms with Gasteiger partial charge in [-0.25, -0.2) is 0 Å². The summed E-state index contributed by atoms with van der Waals surface area (Å²) in [5.41, 5.74) is 0. The van der Waals surface area contributed by atoms with Gasteiger partial charge in [0, 0.05) is 25.7 Å². The smallest absolute Gasteiger partial charge is 0.381 e. The van der Waals surface area contributed by atoms with Gasteiger partial charge in [-0.15, -0.1) is 0 Å². The Hall–Kier alpha value is -0.290. The first-order valence-corrected chi connectivity index (χ1v) is 5.83. The van der Waals surface area contributed by atoms with Gasteiger partial charge in [-0.3, -0.25) is 0 Å². The van der Waals surface area contributed by atoms with E-state index >= 15 is 0 Å². The predicted octanol–water partition coefficient (Wildman–Crippen LogP) is 2.73. The number of hydrogen-bond donors (Lipinski definition) is 1. The second-order valence-electron chi connectivity index (χ2n) is 4.43. The zero-order valence-corrected chi connectivity index (χ0v) is 9.65. The lowest BCUT2D eigenvalue weighted by Crippen LogP contribution is -2.31. The zero-order chi connectivity index (χ0) is 12.0. The molecule has 1 saturated heterocycles. The van der Waals surface area contributed by atoms with Crippen LogP contribution in [0.5, 0.6) is 0 Å². The van der Waals surface area contributed by atoms with E-state index in [1.54, 1.807) is 7.05 Å². The summed E-state index contributed by atoms with van der Waals surface area (Å²) in [7, 11) is 1.74. The van der Waals surface area contributed by atoms with Crippen molar-refractivity contribution in [3.05, 3.63) is 0 Å². The van der Waals surface area contributed by atoms with Crippen molar-refractivity contribution in [2.45, 2.75) is 44.3 Å². The van der Waals surface area contributed by atoms with Crippen LogP contribution in [0.3, 0.4) is 0 Å². The Labute approximate surface area is 94.5 Å². The van der Waals surface area contributed by atoms with E-state index in [1.807, 2.05) is 0 Å². The summed E-state index contributed by atoms with van der Waals surface area (Å²) in [6.07, 6.45) is -1.77. The fourth-order valence-electron chi connectivity index (χ4n) is 2.10. The van der Waals surface area contributed by atoms with Crippen LogP contribution in [0.15, 0.2) is 0 Å². The van der Waals surface area contributed by atoms with Crippen molar-refractivity contribution in [1.29, 1.82) is 0 Å². The number of hydrogen-bond acceptors (Lipinski definition) is 2. The van der Waals surface area contributed by atoms with Gasteiger partial charge in [-0.05, 0) is 38.6 Å². The van der Waals surface area contributed by atoms with Gasteiger partial charge in [-0.2, -0.15) is 13.2 Å². The average Bonchev–Trinajstić information content (AvgIpc) is 2.24. The number of rotatable bonds is 5. The lowest BCUT2D eigenvalue weighted by Gasteiger charge is -2.26. The van der Waals surface area contributed by atoms with Crippen LogP contribution in [-0.2, 0) is 4.74 Å². The monoisotopic (exact) mass is 239 g/mol. The molecule has 1 unspecified atom stereocenters. The maximum Gasteiger partial charge on any atom is 0.389 e. The first-order valence-electron chi connectivity index (χ1n) is 5.83. The summed E-state index contributed by atoms with van der Waals surface area (Å²) < 4.78 is 41.5. The van der Waals surface area contributed by atoms with Gasteiger partial charge in [0.2, 0.25) is 0 Å². The van der Waals surface area contributed by atoms with Gasteiger partial charge < -0.3 is 10.1 Å². The van der Waals surface area contributed by atoms with E-state index in [0.717, 1.165) is 32.5 Å². The molecule has 1 heterocycles. The minimum Gasteiger partial charge on any atom is -0.381 e. The van der Waals surface area contributed by atoms with Gasteiger partial charge in [0.1, 0.15) is 0 Å². The molecule has 0 aliphatic carbocycles. The van der Waals surface area contributed by atoms with Crippen LogP contribution in [0.4, 0.5) is 13.2 Å². The van der Waals surface area contributed by atoms with E-state index in [4.69, 9.17) is 4.74 Å². The van der Waals surface area contributed by atoms with Crippen molar-refractivity contribution in [1.82, 2.24) is 5.32 Å². The molecule has 1 atom stereocenters. The van der Waals surface area contributed by atoms with Crippen LogP contribution in [0.2, 0.25) is 0 Å². The molecular weight excluding hydrogens is 219 g/mol. The quantitative estimate of drug-likeness (QED) is 0.796. The van der Waals surface area contributed by atoms with Crippen LogP contribution in [0.1, 0.15) is 32.1 Å². The molecule has 1 N–H and O–H groups in total. The Bertz CT molecular complexity index is 190. The molecule has 96 valence electrons. The molecule has 5 heteroatoms. The highest BCUT2D eigenvalue weighted by molar-refractivity contribution is 4.73. The molecule has 1 rings (SSSR count). The molecule has 0 saturated carbocycles. The van der Waals surface area contributed by atoms with E-state index < -0.39 is 12.6 Å². The molecule has 0 aromatic carbocycles. The Morgan fingerprint density at radius 3 is 2.44 bits per heavy atom. The van der Waals surface area contributed by atoms with Crippen LogP contribution in [0.25, 0.3) is 0 Å². The van der Waals surface area contributed by atoms with Crippen LogP contribution < -0.4 is 5.32 Å². The lowest BCUT2D eigenvalue weighted by molar-refractivity contribution is -0.136. The van der Waals surface area contributed by atoms with Crippen molar-refractivity contribution in [2.24, 2.45) is 5.92 Å². The predicted molar refractivity (Wildman–Crippen MR) is 56.3 cm³/mol. The normalized spacial score (nSPS) is 21.0. The second-order valence-corrected chi connectivity index (χ2v) is 4.43. The molecule has 0 spiro atoms.